The molecular formula is C8H5Cl4F3Si. The summed E-state index contributed by atoms with van der Waals surface area (Å²) in [7, 11) is 0. The first-order valence-corrected chi connectivity index (χ1v) is 9.26. The molecule has 1 aromatic carbocycles. The summed E-state index contributed by atoms with van der Waals surface area (Å²) in [5.41, 5.74) is -0.906. The molecule has 0 nitrogen and oxygen atoms in total. The Balaban J connectivity index is 3.46. The summed E-state index contributed by atoms with van der Waals surface area (Å²) in [6.07, 6.45) is -4.50. The fraction of sp³-hybridized carbons (Fsp3) is 0.250. The minimum absolute atomic E-state index is 0.0196. The van der Waals surface area contributed by atoms with E-state index in [9.17, 15) is 13.2 Å². The second kappa shape index (κ2) is 4.57. The first-order valence-electron chi connectivity index (χ1n) is 3.98. The van der Waals surface area contributed by atoms with Crippen LogP contribution in [0.3, 0.4) is 0 Å². The van der Waals surface area contributed by atoms with Gasteiger partial charge >= 0.3 is 6.18 Å². The topological polar surface area (TPSA) is 0 Å². The molecule has 1 rings (SSSR count). The lowest BCUT2D eigenvalue weighted by molar-refractivity contribution is -0.137. The monoisotopic (exact) mass is 326 g/mol. The summed E-state index contributed by atoms with van der Waals surface area (Å²) < 4.78 is 37.5. The Labute approximate surface area is 111 Å². The van der Waals surface area contributed by atoms with E-state index in [0.29, 0.717) is 0 Å². The van der Waals surface area contributed by atoms with E-state index in [0.717, 1.165) is 12.1 Å². The Kier molecular flexibility index (Phi) is 4.13. The van der Waals surface area contributed by atoms with Gasteiger partial charge in [-0.05, 0) is 23.9 Å². The van der Waals surface area contributed by atoms with E-state index < -0.39 is 18.4 Å². The van der Waals surface area contributed by atoms with E-state index in [2.05, 4.69) is 0 Å². The highest BCUT2D eigenvalue weighted by atomic mass is 35.7. The van der Waals surface area contributed by atoms with E-state index in [1.165, 1.54) is 6.55 Å². The van der Waals surface area contributed by atoms with E-state index in [-0.39, 0.29) is 15.2 Å². The van der Waals surface area contributed by atoms with Gasteiger partial charge in [-0.15, -0.1) is 22.2 Å². The Morgan fingerprint density at radius 3 is 2.00 bits per heavy atom. The SMILES string of the molecule is C[Si](Cl)(Cl)c1cc(C(F)(F)F)cc(Cl)c1Cl. The first kappa shape index (κ1) is 14.4. The molecule has 0 radical (unpaired) electrons. The van der Waals surface area contributed by atoms with Crippen molar-refractivity contribution in [2.75, 3.05) is 0 Å². The number of hydrogen-bond donors (Lipinski definition) is 0. The van der Waals surface area contributed by atoms with E-state index in [1.54, 1.807) is 0 Å². The molecule has 0 atom stereocenters. The second-order valence-corrected chi connectivity index (χ2v) is 11.4. The third-order valence-corrected chi connectivity index (χ3v) is 5.35. The molecule has 0 saturated heterocycles. The Morgan fingerprint density at radius 2 is 1.62 bits per heavy atom. The number of hydrogen-bond acceptors (Lipinski definition) is 0. The lowest BCUT2D eigenvalue weighted by Gasteiger charge is -2.17. The molecule has 8 heteroatoms. The van der Waals surface area contributed by atoms with Gasteiger partial charge in [0.1, 0.15) is 0 Å². The largest absolute Gasteiger partial charge is 0.416 e. The highest BCUT2D eigenvalue weighted by Gasteiger charge is 2.35. The molecule has 0 bridgehead atoms. The van der Waals surface area contributed by atoms with Crippen molar-refractivity contribution in [3.8, 4) is 0 Å². The summed E-state index contributed by atoms with van der Waals surface area (Å²) in [6, 6.07) is 1.60. The molecule has 0 spiro atoms. The third kappa shape index (κ3) is 3.20. The van der Waals surface area contributed by atoms with Crippen LogP contribution in [0.15, 0.2) is 12.1 Å². The van der Waals surface area contributed by atoms with Gasteiger partial charge in [-0.25, -0.2) is 0 Å². The molecule has 0 aliphatic heterocycles. The molecule has 90 valence electrons. The summed E-state index contributed by atoms with van der Waals surface area (Å²) in [4.78, 5) is 0. The molecule has 0 aliphatic rings. The minimum Gasteiger partial charge on any atom is -0.166 e. The van der Waals surface area contributed by atoms with E-state index in [1.807, 2.05) is 0 Å². The fourth-order valence-electron chi connectivity index (χ4n) is 1.07. The van der Waals surface area contributed by atoms with Gasteiger partial charge in [0.25, 0.3) is 6.69 Å². The van der Waals surface area contributed by atoms with E-state index >= 15 is 0 Å². The second-order valence-electron chi connectivity index (χ2n) is 3.21. The van der Waals surface area contributed by atoms with Crippen LogP contribution < -0.4 is 5.19 Å². The van der Waals surface area contributed by atoms with Crippen LogP contribution in [-0.4, -0.2) is 6.69 Å². The van der Waals surface area contributed by atoms with Crippen LogP contribution in [0.25, 0.3) is 0 Å². The molecule has 1 aromatic rings. The molecule has 0 aromatic heterocycles. The average Bonchev–Trinajstić information content (AvgIpc) is 2.05. The molecule has 0 unspecified atom stereocenters. The number of benzene rings is 1. The number of alkyl halides is 3. The maximum Gasteiger partial charge on any atom is 0.416 e. The van der Waals surface area contributed by atoms with Gasteiger partial charge < -0.3 is 0 Å². The van der Waals surface area contributed by atoms with Gasteiger partial charge in [0, 0.05) is 0 Å². The quantitative estimate of drug-likeness (QED) is 0.515. The smallest absolute Gasteiger partial charge is 0.166 e. The van der Waals surface area contributed by atoms with Crippen molar-refractivity contribution in [2.24, 2.45) is 0 Å². The molecule has 0 amide bonds. The lowest BCUT2D eigenvalue weighted by atomic mass is 10.2. The highest BCUT2D eigenvalue weighted by Crippen LogP contribution is 2.34. The van der Waals surface area contributed by atoms with Crippen LogP contribution in [-0.2, 0) is 6.18 Å². The molecule has 0 heterocycles. The maximum atomic E-state index is 12.5. The van der Waals surface area contributed by atoms with Crippen molar-refractivity contribution >= 4 is 57.2 Å². The summed E-state index contributed by atoms with van der Waals surface area (Å²) in [6.45, 7) is -1.54. The van der Waals surface area contributed by atoms with Crippen LogP contribution in [0.2, 0.25) is 16.6 Å². The third-order valence-electron chi connectivity index (χ3n) is 1.83. The number of rotatable bonds is 1. The van der Waals surface area contributed by atoms with Gasteiger partial charge in [-0.1, -0.05) is 23.2 Å². The Morgan fingerprint density at radius 1 is 1.12 bits per heavy atom. The van der Waals surface area contributed by atoms with Crippen molar-refractivity contribution < 1.29 is 13.2 Å². The summed E-state index contributed by atoms with van der Waals surface area (Å²) >= 11 is 23.1. The van der Waals surface area contributed by atoms with Crippen molar-refractivity contribution in [3.05, 3.63) is 27.7 Å². The fourth-order valence-corrected chi connectivity index (χ4v) is 4.16. The van der Waals surface area contributed by atoms with E-state index in [4.69, 9.17) is 45.4 Å². The normalized spacial score (nSPS) is 13.0. The van der Waals surface area contributed by atoms with Crippen molar-refractivity contribution in [2.45, 2.75) is 12.7 Å². The lowest BCUT2D eigenvalue weighted by Crippen LogP contribution is -2.34. The standard InChI is InChI=1S/C8H5Cl4F3Si/c1-16(11,12)6-3-4(8(13,14)15)2-5(9)7(6)10/h2-3H,1H3. The van der Waals surface area contributed by atoms with Crippen molar-refractivity contribution in [1.29, 1.82) is 0 Å². The zero-order valence-corrected chi connectivity index (χ0v) is 11.8. The zero-order chi connectivity index (χ0) is 12.7. The number of halogens is 7. The molecule has 0 fully saturated rings. The zero-order valence-electron chi connectivity index (χ0n) is 7.80. The van der Waals surface area contributed by atoms with Crippen molar-refractivity contribution in [1.82, 2.24) is 0 Å². The average molecular weight is 328 g/mol. The van der Waals surface area contributed by atoms with Gasteiger partial charge in [-0.3, -0.25) is 0 Å². The Hall–Kier alpha value is 0.387. The molecular weight excluding hydrogens is 323 g/mol. The Bertz CT molecular complexity index is 411. The predicted molar refractivity (Wildman–Crippen MR) is 64.4 cm³/mol. The highest BCUT2D eigenvalue weighted by molar-refractivity contribution is 7.50. The molecule has 0 aliphatic carbocycles. The maximum absolute atomic E-state index is 12.5. The van der Waals surface area contributed by atoms with Crippen LogP contribution in [0.5, 0.6) is 0 Å². The summed E-state index contributed by atoms with van der Waals surface area (Å²) in [5, 5.41) is -0.155. The first-order chi connectivity index (χ1) is 7.03. The van der Waals surface area contributed by atoms with Crippen molar-refractivity contribution in [3.63, 3.8) is 0 Å². The predicted octanol–water partition coefficient (Wildman–Crippen LogP) is 4.77. The van der Waals surface area contributed by atoms with Gasteiger partial charge in [-0.2, -0.15) is 13.2 Å². The van der Waals surface area contributed by atoms with Crippen LogP contribution in [0, 0.1) is 0 Å². The van der Waals surface area contributed by atoms with Gasteiger partial charge in [0.05, 0.1) is 15.6 Å². The van der Waals surface area contributed by atoms with Gasteiger partial charge in [0.15, 0.2) is 0 Å². The van der Waals surface area contributed by atoms with Crippen LogP contribution in [0.4, 0.5) is 13.2 Å². The van der Waals surface area contributed by atoms with Crippen LogP contribution >= 0.6 is 45.4 Å². The summed E-state index contributed by atoms with van der Waals surface area (Å²) in [5.74, 6) is 0. The molecule has 0 N–H and O–H groups in total. The van der Waals surface area contributed by atoms with Crippen LogP contribution in [0.1, 0.15) is 5.56 Å². The molecule has 16 heavy (non-hydrogen) atoms. The van der Waals surface area contributed by atoms with Gasteiger partial charge in [0.2, 0.25) is 0 Å². The minimum atomic E-state index is -4.50. The molecule has 0 saturated carbocycles.